The number of aliphatic carboxylic acids is 1. The van der Waals surface area contributed by atoms with Crippen LogP contribution in [0, 0.1) is 0 Å². The Hall–Kier alpha value is -0.920. The lowest BCUT2D eigenvalue weighted by molar-refractivity contribution is -0.137. The van der Waals surface area contributed by atoms with Crippen molar-refractivity contribution in [1.82, 2.24) is 10.2 Å². The van der Waals surface area contributed by atoms with Crippen molar-refractivity contribution in [3.63, 3.8) is 0 Å². The molecule has 2 aromatic heterocycles. The number of unbranched alkanes of at least 4 members (excludes halogenated alkanes) is 14. The molecular weight excluding hydrogens is 444 g/mol. The van der Waals surface area contributed by atoms with Crippen molar-refractivity contribution in [1.29, 1.82) is 0 Å². The first-order chi connectivity index (χ1) is 15.2. The molecule has 0 radical (unpaired) electrons. The van der Waals surface area contributed by atoms with Gasteiger partial charge >= 0.3 is 5.97 Å². The van der Waals surface area contributed by atoms with Crippen LogP contribution in [-0.4, -0.2) is 21.3 Å². The van der Waals surface area contributed by atoms with Gasteiger partial charge in [-0.2, -0.15) is 0 Å². The van der Waals surface area contributed by atoms with Gasteiger partial charge in [-0.05, 0) is 30.7 Å². The normalized spacial score (nSPS) is 11.3. The van der Waals surface area contributed by atoms with Crippen LogP contribution in [0.15, 0.2) is 15.8 Å². The highest BCUT2D eigenvalue weighted by Gasteiger charge is 2.11. The van der Waals surface area contributed by atoms with Crippen LogP contribution in [0.4, 0.5) is 0 Å². The maximum Gasteiger partial charge on any atom is 0.303 e. The first-order valence-electron chi connectivity index (χ1n) is 12.0. The molecule has 0 unspecified atom stereocenters. The first kappa shape index (κ1) is 26.3. The quantitative estimate of drug-likeness (QED) is 0.156. The third-order valence-electron chi connectivity index (χ3n) is 5.68. The maximum absolute atomic E-state index is 10.4. The summed E-state index contributed by atoms with van der Waals surface area (Å²) in [5, 5.41) is 20.0. The number of aryl methyl sites for hydroxylation is 1. The summed E-state index contributed by atoms with van der Waals surface area (Å²) in [5.74, 6) is -0.662. The summed E-state index contributed by atoms with van der Waals surface area (Å²) in [5.41, 5.74) is 1.25. The molecule has 0 atom stereocenters. The van der Waals surface area contributed by atoms with Crippen LogP contribution in [0.5, 0.6) is 0 Å². The highest BCUT2D eigenvalue weighted by Crippen LogP contribution is 2.32. The minimum Gasteiger partial charge on any atom is -0.481 e. The van der Waals surface area contributed by atoms with Gasteiger partial charge in [-0.15, -0.1) is 34.2 Å². The van der Waals surface area contributed by atoms with E-state index >= 15 is 0 Å². The number of hydrogen-bond donors (Lipinski definition) is 2. The lowest BCUT2D eigenvalue weighted by atomic mass is 10.0. The van der Waals surface area contributed by atoms with E-state index in [1.54, 1.807) is 11.3 Å². The van der Waals surface area contributed by atoms with Gasteiger partial charge in [-0.3, -0.25) is 4.79 Å². The lowest BCUT2D eigenvalue weighted by Crippen LogP contribution is -1.93. The van der Waals surface area contributed by atoms with E-state index in [9.17, 15) is 4.79 Å². The molecule has 0 aliphatic rings. The van der Waals surface area contributed by atoms with Crippen molar-refractivity contribution in [3.8, 4) is 10.6 Å². The highest BCUT2D eigenvalue weighted by atomic mass is 32.2. The van der Waals surface area contributed by atoms with Crippen LogP contribution in [0.3, 0.4) is 0 Å². The molecule has 0 aromatic carbocycles. The second kappa shape index (κ2) is 16.7. The minimum atomic E-state index is -0.662. The van der Waals surface area contributed by atoms with Crippen LogP contribution in [-0.2, 0) is 11.2 Å². The molecule has 0 aliphatic carbocycles. The van der Waals surface area contributed by atoms with Crippen LogP contribution in [0.1, 0.15) is 108 Å². The zero-order chi connectivity index (χ0) is 22.2. The number of nitrogens with zero attached hydrogens (tertiary/aromatic N) is 2. The second-order valence-electron chi connectivity index (χ2n) is 8.34. The van der Waals surface area contributed by atoms with E-state index in [4.69, 9.17) is 5.11 Å². The SMILES string of the molecule is O=C(O)CCCCCCCCCCCCCCCCCc1sccc1-c1nnc(S)s1. The first-order valence-corrected chi connectivity index (χ1v) is 14.1. The molecule has 174 valence electrons. The Morgan fingerprint density at radius 3 is 1.81 bits per heavy atom. The molecular formula is C24H38N2O2S3. The fraction of sp³-hybridized carbons (Fsp3) is 0.708. The number of carboxylic acid groups (broad SMARTS) is 1. The smallest absolute Gasteiger partial charge is 0.303 e. The van der Waals surface area contributed by atoms with Crippen LogP contribution < -0.4 is 0 Å². The Labute approximate surface area is 201 Å². The Kier molecular flexibility index (Phi) is 14.2. The van der Waals surface area contributed by atoms with Crippen LogP contribution in [0.25, 0.3) is 10.6 Å². The summed E-state index contributed by atoms with van der Waals surface area (Å²) in [7, 11) is 0. The Morgan fingerprint density at radius 2 is 1.32 bits per heavy atom. The van der Waals surface area contributed by atoms with E-state index in [0.717, 1.165) is 28.6 Å². The molecule has 7 heteroatoms. The van der Waals surface area contributed by atoms with Gasteiger partial charge < -0.3 is 5.11 Å². The number of carbonyl (C=O) groups is 1. The van der Waals surface area contributed by atoms with Crippen molar-refractivity contribution >= 4 is 41.3 Å². The van der Waals surface area contributed by atoms with Gasteiger partial charge in [-0.1, -0.05) is 94.8 Å². The second-order valence-corrected chi connectivity index (χ2v) is 11.0. The lowest BCUT2D eigenvalue weighted by Gasteiger charge is -2.04. The fourth-order valence-electron chi connectivity index (χ4n) is 3.91. The van der Waals surface area contributed by atoms with Crippen molar-refractivity contribution in [3.05, 3.63) is 16.3 Å². The number of carboxylic acids is 1. The van der Waals surface area contributed by atoms with Gasteiger partial charge in [0.15, 0.2) is 4.34 Å². The number of rotatable bonds is 19. The summed E-state index contributed by atoms with van der Waals surface area (Å²) in [6.07, 6.45) is 20.7. The maximum atomic E-state index is 10.4. The zero-order valence-corrected chi connectivity index (χ0v) is 21.2. The monoisotopic (exact) mass is 482 g/mol. The third-order valence-corrected chi connectivity index (χ3v) is 7.79. The number of thiol groups is 1. The van der Waals surface area contributed by atoms with Gasteiger partial charge in [0.2, 0.25) is 0 Å². The Morgan fingerprint density at radius 1 is 0.806 bits per heavy atom. The molecule has 2 heterocycles. The molecule has 0 saturated heterocycles. The molecule has 1 N–H and O–H groups in total. The summed E-state index contributed by atoms with van der Waals surface area (Å²) in [6, 6.07) is 2.16. The molecule has 0 saturated carbocycles. The van der Waals surface area contributed by atoms with E-state index in [2.05, 4.69) is 34.3 Å². The topological polar surface area (TPSA) is 63.1 Å². The van der Waals surface area contributed by atoms with Crippen molar-refractivity contribution in [2.24, 2.45) is 0 Å². The van der Waals surface area contributed by atoms with Crippen LogP contribution in [0.2, 0.25) is 0 Å². The van der Waals surface area contributed by atoms with Gasteiger partial charge in [0.05, 0.1) is 0 Å². The van der Waals surface area contributed by atoms with E-state index in [1.165, 1.54) is 93.9 Å². The van der Waals surface area contributed by atoms with Gasteiger partial charge in [0.1, 0.15) is 5.01 Å². The van der Waals surface area contributed by atoms with E-state index in [-0.39, 0.29) is 0 Å². The van der Waals surface area contributed by atoms with Gasteiger partial charge in [0, 0.05) is 16.9 Å². The molecule has 0 aliphatic heterocycles. The molecule has 2 aromatic rings. The fourth-order valence-corrected chi connectivity index (χ4v) is 5.84. The molecule has 4 nitrogen and oxygen atoms in total. The Balaban J connectivity index is 1.35. The van der Waals surface area contributed by atoms with E-state index < -0.39 is 5.97 Å². The predicted molar refractivity (Wildman–Crippen MR) is 136 cm³/mol. The summed E-state index contributed by atoms with van der Waals surface area (Å²) in [4.78, 5) is 11.9. The summed E-state index contributed by atoms with van der Waals surface area (Å²) < 4.78 is 0.733. The number of thiophene rings is 1. The van der Waals surface area contributed by atoms with E-state index in [1.807, 2.05) is 11.3 Å². The molecule has 0 fully saturated rings. The van der Waals surface area contributed by atoms with Crippen LogP contribution >= 0.6 is 35.3 Å². The largest absolute Gasteiger partial charge is 0.481 e. The van der Waals surface area contributed by atoms with Gasteiger partial charge in [-0.25, -0.2) is 0 Å². The molecule has 2 rings (SSSR count). The summed E-state index contributed by atoms with van der Waals surface area (Å²) in [6.45, 7) is 0. The van der Waals surface area contributed by atoms with Gasteiger partial charge in [0.25, 0.3) is 0 Å². The summed E-state index contributed by atoms with van der Waals surface area (Å²) >= 11 is 7.67. The molecule has 0 bridgehead atoms. The average Bonchev–Trinajstić information content (AvgIpc) is 3.38. The number of hydrogen-bond acceptors (Lipinski definition) is 6. The molecule has 0 spiro atoms. The Bertz CT molecular complexity index is 730. The third kappa shape index (κ3) is 12.0. The zero-order valence-electron chi connectivity index (χ0n) is 18.7. The van der Waals surface area contributed by atoms with Crippen molar-refractivity contribution in [2.75, 3.05) is 0 Å². The average molecular weight is 483 g/mol. The minimum absolute atomic E-state index is 0.332. The highest BCUT2D eigenvalue weighted by molar-refractivity contribution is 7.82. The standard InChI is InChI=1S/C24H38N2O2S3/c27-22(28)17-15-13-11-9-7-5-3-1-2-4-6-8-10-12-14-16-21-20(18-19-30-21)23-25-26-24(29)31-23/h18-19H,1-17H2,(H,26,29)(H,27,28). The predicted octanol–water partition coefficient (Wildman–Crippen LogP) is 8.42. The van der Waals surface area contributed by atoms with E-state index in [0.29, 0.717) is 6.42 Å². The number of aromatic nitrogens is 2. The molecule has 0 amide bonds. The molecule has 31 heavy (non-hydrogen) atoms. The van der Waals surface area contributed by atoms with Crippen molar-refractivity contribution < 1.29 is 9.90 Å². The van der Waals surface area contributed by atoms with Crippen molar-refractivity contribution in [2.45, 2.75) is 113 Å².